The van der Waals surface area contributed by atoms with Gasteiger partial charge in [-0.15, -0.1) is 0 Å². The molecule has 1 aromatic heterocycles. The maximum Gasteiger partial charge on any atom is 0.123 e. The van der Waals surface area contributed by atoms with Crippen molar-refractivity contribution >= 4 is 0 Å². The highest BCUT2D eigenvalue weighted by molar-refractivity contribution is 5.18. The quantitative estimate of drug-likeness (QED) is 0.775. The van der Waals surface area contributed by atoms with Crippen LogP contribution in [0.25, 0.3) is 0 Å². The molecule has 19 heavy (non-hydrogen) atoms. The van der Waals surface area contributed by atoms with Crippen LogP contribution in [0.2, 0.25) is 0 Å². The second-order valence-electron chi connectivity index (χ2n) is 4.50. The van der Waals surface area contributed by atoms with Crippen molar-refractivity contribution in [3.05, 3.63) is 53.6 Å². The topological polar surface area (TPSA) is 50.1 Å². The Bertz CT molecular complexity index is 510. The van der Waals surface area contributed by atoms with E-state index in [2.05, 4.69) is 10.4 Å². The maximum absolute atomic E-state index is 12.7. The fourth-order valence-electron chi connectivity index (χ4n) is 1.85. The van der Waals surface area contributed by atoms with Gasteiger partial charge in [0.2, 0.25) is 0 Å². The van der Waals surface area contributed by atoms with Crippen molar-refractivity contribution in [1.29, 1.82) is 0 Å². The Morgan fingerprint density at radius 3 is 2.68 bits per heavy atom. The summed E-state index contributed by atoms with van der Waals surface area (Å²) in [6.45, 7) is 1.19. The molecule has 2 N–H and O–H groups in total. The molecule has 5 heteroatoms. The van der Waals surface area contributed by atoms with Crippen LogP contribution >= 0.6 is 0 Å². The Kier molecular flexibility index (Phi) is 4.65. The molecule has 4 nitrogen and oxygen atoms in total. The van der Waals surface area contributed by atoms with E-state index < -0.39 is 6.10 Å². The minimum absolute atomic E-state index is 0.293. The van der Waals surface area contributed by atoms with Gasteiger partial charge in [0.05, 0.1) is 11.8 Å². The highest BCUT2D eigenvalue weighted by atomic mass is 19.1. The van der Waals surface area contributed by atoms with Gasteiger partial charge >= 0.3 is 0 Å². The monoisotopic (exact) mass is 263 g/mol. The number of nitrogens with zero attached hydrogens (tertiary/aromatic N) is 2. The van der Waals surface area contributed by atoms with Gasteiger partial charge in [-0.1, -0.05) is 12.1 Å². The van der Waals surface area contributed by atoms with Crippen molar-refractivity contribution in [3.63, 3.8) is 0 Å². The molecule has 0 fully saturated rings. The minimum Gasteiger partial charge on any atom is -0.387 e. The first-order valence-electron chi connectivity index (χ1n) is 6.28. The predicted octanol–water partition coefficient (Wildman–Crippen LogP) is 1.42. The fraction of sp³-hybridized carbons (Fsp3) is 0.357. The molecule has 2 rings (SSSR count). The number of aliphatic hydroxyl groups excluding tert-OH is 1. The molecule has 2 aromatic rings. The first-order valence-corrected chi connectivity index (χ1v) is 6.28. The van der Waals surface area contributed by atoms with Crippen LogP contribution in [0.1, 0.15) is 17.4 Å². The third-order valence-electron chi connectivity index (χ3n) is 2.92. The highest BCUT2D eigenvalue weighted by Gasteiger charge is 2.06. The summed E-state index contributed by atoms with van der Waals surface area (Å²) >= 11 is 0. The molecule has 0 spiro atoms. The van der Waals surface area contributed by atoms with E-state index >= 15 is 0 Å². The van der Waals surface area contributed by atoms with Crippen LogP contribution in [0.3, 0.4) is 0 Å². The normalized spacial score (nSPS) is 12.6. The third kappa shape index (κ3) is 4.15. The zero-order valence-electron chi connectivity index (χ0n) is 10.9. The summed E-state index contributed by atoms with van der Waals surface area (Å²) in [5, 5.41) is 17.3. The zero-order valence-corrected chi connectivity index (χ0v) is 10.9. The molecule has 1 atom stereocenters. The largest absolute Gasteiger partial charge is 0.387 e. The molecule has 1 aromatic carbocycles. The molecule has 0 saturated heterocycles. The van der Waals surface area contributed by atoms with Crippen LogP contribution in [0.5, 0.6) is 0 Å². The summed E-state index contributed by atoms with van der Waals surface area (Å²) in [4.78, 5) is 0. The number of halogens is 1. The molecule has 1 heterocycles. The number of benzene rings is 1. The SMILES string of the molecule is Cn1ccc(CCNCC(O)c2ccc(F)cc2)n1. The van der Waals surface area contributed by atoms with Gasteiger partial charge < -0.3 is 10.4 Å². The van der Waals surface area contributed by atoms with Crippen molar-refractivity contribution in [2.24, 2.45) is 7.05 Å². The van der Waals surface area contributed by atoms with E-state index in [9.17, 15) is 9.50 Å². The standard InChI is InChI=1S/C14H18FN3O/c1-18-9-7-13(17-18)6-8-16-10-14(19)11-2-4-12(15)5-3-11/h2-5,7,9,14,16,19H,6,8,10H2,1H3. The van der Waals surface area contributed by atoms with Gasteiger partial charge in [0.1, 0.15) is 5.82 Å². The number of aryl methyl sites for hydroxylation is 1. The van der Waals surface area contributed by atoms with Crippen molar-refractivity contribution in [2.75, 3.05) is 13.1 Å². The van der Waals surface area contributed by atoms with Gasteiger partial charge in [-0.05, 0) is 23.8 Å². The second-order valence-corrected chi connectivity index (χ2v) is 4.50. The first kappa shape index (κ1) is 13.7. The zero-order chi connectivity index (χ0) is 13.7. The lowest BCUT2D eigenvalue weighted by molar-refractivity contribution is 0.175. The lowest BCUT2D eigenvalue weighted by Crippen LogP contribution is -2.23. The summed E-state index contributed by atoms with van der Waals surface area (Å²) in [5.74, 6) is -0.293. The first-order chi connectivity index (χ1) is 9.15. The molecule has 0 saturated carbocycles. The van der Waals surface area contributed by atoms with Crippen LogP contribution < -0.4 is 5.32 Å². The second kappa shape index (κ2) is 6.45. The van der Waals surface area contributed by atoms with E-state index in [-0.39, 0.29) is 5.82 Å². The molecule has 1 unspecified atom stereocenters. The summed E-state index contributed by atoms with van der Waals surface area (Å²) in [5.41, 5.74) is 1.73. The van der Waals surface area contributed by atoms with E-state index in [1.165, 1.54) is 12.1 Å². The summed E-state index contributed by atoms with van der Waals surface area (Å²) < 4.78 is 14.5. The number of aliphatic hydroxyl groups is 1. The van der Waals surface area contributed by atoms with Crippen molar-refractivity contribution in [3.8, 4) is 0 Å². The molecule has 0 bridgehead atoms. The van der Waals surface area contributed by atoms with Gasteiger partial charge in [0.15, 0.2) is 0 Å². The molecule has 0 aliphatic rings. The Morgan fingerprint density at radius 1 is 1.32 bits per heavy atom. The van der Waals surface area contributed by atoms with Crippen LogP contribution in [-0.2, 0) is 13.5 Å². The highest BCUT2D eigenvalue weighted by Crippen LogP contribution is 2.12. The third-order valence-corrected chi connectivity index (χ3v) is 2.92. The van der Waals surface area contributed by atoms with E-state index in [0.717, 1.165) is 18.7 Å². The van der Waals surface area contributed by atoms with Gasteiger partial charge in [-0.25, -0.2) is 4.39 Å². The molecule has 102 valence electrons. The minimum atomic E-state index is -0.621. The van der Waals surface area contributed by atoms with Crippen LogP contribution in [0, 0.1) is 5.82 Å². The average Bonchev–Trinajstić information content (AvgIpc) is 2.81. The fourth-order valence-corrected chi connectivity index (χ4v) is 1.85. The van der Waals surface area contributed by atoms with Crippen LogP contribution in [-0.4, -0.2) is 28.0 Å². The number of hydrogen-bond donors (Lipinski definition) is 2. The summed E-state index contributed by atoms with van der Waals surface area (Å²) in [6.07, 6.45) is 2.10. The van der Waals surface area contributed by atoms with Crippen molar-refractivity contribution in [2.45, 2.75) is 12.5 Å². The molecule has 0 aliphatic carbocycles. The van der Waals surface area contributed by atoms with Gasteiger partial charge in [-0.2, -0.15) is 5.10 Å². The van der Waals surface area contributed by atoms with E-state index in [0.29, 0.717) is 12.1 Å². The number of aromatic nitrogens is 2. The Labute approximate surface area is 111 Å². The van der Waals surface area contributed by atoms with Crippen LogP contribution in [0.15, 0.2) is 36.5 Å². The van der Waals surface area contributed by atoms with Gasteiger partial charge in [-0.3, -0.25) is 4.68 Å². The lowest BCUT2D eigenvalue weighted by atomic mass is 10.1. The average molecular weight is 263 g/mol. The Balaban J connectivity index is 1.72. The van der Waals surface area contributed by atoms with E-state index in [1.54, 1.807) is 16.8 Å². The number of rotatable bonds is 6. The number of hydrogen-bond acceptors (Lipinski definition) is 3. The Morgan fingerprint density at radius 2 is 2.05 bits per heavy atom. The molecule has 0 aliphatic heterocycles. The van der Waals surface area contributed by atoms with Gasteiger partial charge in [0, 0.05) is 32.8 Å². The summed E-state index contributed by atoms with van der Waals surface area (Å²) in [6, 6.07) is 7.87. The lowest BCUT2D eigenvalue weighted by Gasteiger charge is -2.11. The maximum atomic E-state index is 12.7. The van der Waals surface area contributed by atoms with Crippen molar-refractivity contribution < 1.29 is 9.50 Å². The van der Waals surface area contributed by atoms with Crippen molar-refractivity contribution in [1.82, 2.24) is 15.1 Å². The smallest absolute Gasteiger partial charge is 0.123 e. The molecule has 0 amide bonds. The Hall–Kier alpha value is -1.72. The van der Waals surface area contributed by atoms with Crippen LogP contribution in [0.4, 0.5) is 4.39 Å². The molecular weight excluding hydrogens is 245 g/mol. The van der Waals surface area contributed by atoms with Gasteiger partial charge in [0.25, 0.3) is 0 Å². The summed E-state index contributed by atoms with van der Waals surface area (Å²) in [7, 11) is 1.88. The molecule has 0 radical (unpaired) electrons. The molecular formula is C14H18FN3O. The van der Waals surface area contributed by atoms with E-state index in [4.69, 9.17) is 0 Å². The number of nitrogens with one attached hydrogen (secondary N) is 1. The predicted molar refractivity (Wildman–Crippen MR) is 71.1 cm³/mol. The van der Waals surface area contributed by atoms with E-state index in [1.807, 2.05) is 19.3 Å².